The highest BCUT2D eigenvalue weighted by atomic mass is 32.1. The third-order valence-corrected chi connectivity index (χ3v) is 5.39. The maximum atomic E-state index is 12.6. The zero-order valence-electron chi connectivity index (χ0n) is 13.4. The number of likely N-dealkylation sites (tertiary alicyclic amines) is 1. The summed E-state index contributed by atoms with van der Waals surface area (Å²) in [5.74, 6) is 0.742. The molecule has 0 radical (unpaired) electrons. The Kier molecular flexibility index (Phi) is 4.20. The van der Waals surface area contributed by atoms with Gasteiger partial charge in [0.1, 0.15) is 0 Å². The number of ether oxygens (including phenoxy) is 1. The molecule has 1 spiro atoms. The first-order valence-electron chi connectivity index (χ1n) is 8.23. The van der Waals surface area contributed by atoms with E-state index in [4.69, 9.17) is 4.74 Å². The fraction of sp³-hybridized carbons (Fsp3) is 0.471. The second kappa shape index (κ2) is 6.49. The van der Waals surface area contributed by atoms with Crippen LogP contribution in [-0.2, 0) is 4.74 Å². The highest BCUT2D eigenvalue weighted by Gasteiger charge is 2.44. The molecule has 0 bridgehead atoms. The molecule has 6 nitrogen and oxygen atoms in total. The fourth-order valence-electron chi connectivity index (χ4n) is 3.62. The third kappa shape index (κ3) is 3.14. The van der Waals surface area contributed by atoms with Crippen molar-refractivity contribution in [2.45, 2.75) is 30.9 Å². The number of piperidine rings is 1. The lowest BCUT2D eigenvalue weighted by Crippen LogP contribution is -2.50. The molecule has 2 aromatic rings. The first-order chi connectivity index (χ1) is 11.7. The van der Waals surface area contributed by atoms with Crippen molar-refractivity contribution >= 4 is 23.2 Å². The zero-order chi connectivity index (χ0) is 16.4. The van der Waals surface area contributed by atoms with E-state index in [1.54, 1.807) is 29.8 Å². The average molecular weight is 344 g/mol. The molecular formula is C17H20N4O2S. The van der Waals surface area contributed by atoms with Crippen molar-refractivity contribution in [2.75, 3.05) is 25.0 Å². The van der Waals surface area contributed by atoms with Crippen molar-refractivity contribution in [2.24, 2.45) is 0 Å². The third-order valence-electron chi connectivity index (χ3n) is 4.70. The van der Waals surface area contributed by atoms with Crippen molar-refractivity contribution in [3.8, 4) is 0 Å². The largest absolute Gasteiger partial charge is 0.371 e. The van der Waals surface area contributed by atoms with Gasteiger partial charge >= 0.3 is 0 Å². The van der Waals surface area contributed by atoms with Crippen molar-refractivity contribution < 1.29 is 9.53 Å². The van der Waals surface area contributed by atoms with Crippen molar-refractivity contribution in [3.63, 3.8) is 0 Å². The van der Waals surface area contributed by atoms with E-state index in [-0.39, 0.29) is 17.6 Å². The van der Waals surface area contributed by atoms with Gasteiger partial charge in [0.15, 0.2) is 0 Å². The highest BCUT2D eigenvalue weighted by Crippen LogP contribution is 2.36. The maximum absolute atomic E-state index is 12.6. The summed E-state index contributed by atoms with van der Waals surface area (Å²) in [6.07, 6.45) is 6.29. The predicted octanol–water partition coefficient (Wildman–Crippen LogP) is 2.41. The number of thiophene rings is 1. The van der Waals surface area contributed by atoms with E-state index >= 15 is 0 Å². The van der Waals surface area contributed by atoms with Gasteiger partial charge in [-0.2, -0.15) is 11.3 Å². The van der Waals surface area contributed by atoms with Crippen LogP contribution in [0.15, 0.2) is 35.3 Å². The molecule has 0 aromatic carbocycles. The molecule has 0 saturated carbocycles. The van der Waals surface area contributed by atoms with Crippen LogP contribution in [0.5, 0.6) is 0 Å². The van der Waals surface area contributed by atoms with Gasteiger partial charge in [-0.1, -0.05) is 0 Å². The lowest BCUT2D eigenvalue weighted by atomic mass is 9.88. The van der Waals surface area contributed by atoms with Gasteiger partial charge < -0.3 is 15.0 Å². The van der Waals surface area contributed by atoms with Crippen molar-refractivity contribution in [3.05, 3.63) is 40.8 Å². The zero-order valence-corrected chi connectivity index (χ0v) is 14.2. The number of hydrogen-bond acceptors (Lipinski definition) is 6. The summed E-state index contributed by atoms with van der Waals surface area (Å²) < 4.78 is 6.15. The van der Waals surface area contributed by atoms with Gasteiger partial charge in [0, 0.05) is 30.7 Å². The summed E-state index contributed by atoms with van der Waals surface area (Å²) in [6, 6.07) is 3.87. The van der Waals surface area contributed by atoms with Crippen molar-refractivity contribution in [1.82, 2.24) is 14.9 Å². The summed E-state index contributed by atoms with van der Waals surface area (Å²) in [4.78, 5) is 23.0. The molecule has 2 aliphatic heterocycles. The lowest BCUT2D eigenvalue weighted by Gasteiger charge is -2.39. The lowest BCUT2D eigenvalue weighted by molar-refractivity contribution is -0.0447. The number of amides is 1. The standard InChI is InChI=1S/C17H20N4O2S/c22-15(13-3-8-24-11-13)21-7-1-4-17(12-21)9-14(10-23-17)20-16-18-5-2-6-19-16/h2-3,5-6,8,11,14H,1,4,7,9-10,12H2,(H,18,19,20). The van der Waals surface area contributed by atoms with Gasteiger partial charge in [0.2, 0.25) is 5.95 Å². The summed E-state index contributed by atoms with van der Waals surface area (Å²) >= 11 is 1.55. The Morgan fingerprint density at radius 3 is 3.08 bits per heavy atom. The summed E-state index contributed by atoms with van der Waals surface area (Å²) in [6.45, 7) is 2.09. The minimum absolute atomic E-state index is 0.113. The molecule has 1 N–H and O–H groups in total. The minimum atomic E-state index is -0.240. The number of carbonyl (C=O) groups excluding carboxylic acids is 1. The van der Waals surface area contributed by atoms with Crippen LogP contribution >= 0.6 is 11.3 Å². The molecule has 0 aliphatic carbocycles. The normalized spacial score (nSPS) is 26.7. The minimum Gasteiger partial charge on any atom is -0.371 e. The van der Waals surface area contributed by atoms with Crippen molar-refractivity contribution in [1.29, 1.82) is 0 Å². The van der Waals surface area contributed by atoms with E-state index in [0.717, 1.165) is 31.4 Å². The van der Waals surface area contributed by atoms with Gasteiger partial charge in [0.25, 0.3) is 5.91 Å². The quantitative estimate of drug-likeness (QED) is 0.926. The van der Waals surface area contributed by atoms with Crippen LogP contribution < -0.4 is 5.32 Å². The number of carbonyl (C=O) groups is 1. The number of nitrogens with zero attached hydrogens (tertiary/aromatic N) is 3. The monoisotopic (exact) mass is 344 g/mol. The molecule has 7 heteroatoms. The van der Waals surface area contributed by atoms with E-state index < -0.39 is 0 Å². The molecule has 4 rings (SSSR count). The van der Waals surface area contributed by atoms with Crippen LogP contribution in [0.3, 0.4) is 0 Å². The molecule has 2 unspecified atom stereocenters. The second-order valence-corrected chi connectivity index (χ2v) is 7.23. The average Bonchev–Trinajstić information content (AvgIpc) is 3.26. The fourth-order valence-corrected chi connectivity index (χ4v) is 4.25. The Hall–Kier alpha value is -1.99. The number of anilines is 1. The first-order valence-corrected chi connectivity index (χ1v) is 9.17. The van der Waals surface area contributed by atoms with Crippen LogP contribution in [0.4, 0.5) is 5.95 Å². The second-order valence-electron chi connectivity index (χ2n) is 6.45. The Balaban J connectivity index is 1.41. The van der Waals surface area contributed by atoms with Crippen LogP contribution in [0, 0.1) is 0 Å². The molecule has 1 amide bonds. The summed E-state index contributed by atoms with van der Waals surface area (Å²) in [7, 11) is 0. The topological polar surface area (TPSA) is 67.4 Å². The SMILES string of the molecule is O=C(c1ccsc1)N1CCCC2(CC(Nc3ncccn3)CO2)C1. The molecule has 2 fully saturated rings. The van der Waals surface area contributed by atoms with Crippen LogP contribution in [0.1, 0.15) is 29.6 Å². The van der Waals surface area contributed by atoms with Gasteiger partial charge in [0.05, 0.1) is 30.4 Å². The van der Waals surface area contributed by atoms with Crippen LogP contribution in [-0.4, -0.2) is 52.1 Å². The van der Waals surface area contributed by atoms with Crippen LogP contribution in [0.2, 0.25) is 0 Å². The molecule has 24 heavy (non-hydrogen) atoms. The molecule has 2 aromatic heterocycles. The molecular weight excluding hydrogens is 324 g/mol. The predicted molar refractivity (Wildman–Crippen MR) is 92.2 cm³/mol. The Morgan fingerprint density at radius 1 is 1.42 bits per heavy atom. The maximum Gasteiger partial charge on any atom is 0.254 e. The Morgan fingerprint density at radius 2 is 2.29 bits per heavy atom. The smallest absolute Gasteiger partial charge is 0.254 e. The highest BCUT2D eigenvalue weighted by molar-refractivity contribution is 7.08. The summed E-state index contributed by atoms with van der Waals surface area (Å²) in [5.41, 5.74) is 0.540. The Labute approximate surface area is 144 Å². The molecule has 2 aliphatic rings. The molecule has 4 heterocycles. The Bertz CT molecular complexity index is 694. The van der Waals surface area contributed by atoms with Gasteiger partial charge in [-0.25, -0.2) is 9.97 Å². The van der Waals surface area contributed by atoms with Gasteiger partial charge in [-0.05, 0) is 30.4 Å². The number of nitrogens with one attached hydrogen (secondary N) is 1. The number of aromatic nitrogens is 2. The first kappa shape index (κ1) is 15.5. The number of hydrogen-bond donors (Lipinski definition) is 1. The van der Waals surface area contributed by atoms with Gasteiger partial charge in [-0.3, -0.25) is 4.79 Å². The summed E-state index contributed by atoms with van der Waals surface area (Å²) in [5, 5.41) is 7.19. The number of rotatable bonds is 3. The molecule has 126 valence electrons. The van der Waals surface area contributed by atoms with E-state index in [2.05, 4.69) is 15.3 Å². The van der Waals surface area contributed by atoms with Crippen LogP contribution in [0.25, 0.3) is 0 Å². The van der Waals surface area contributed by atoms with E-state index in [1.807, 2.05) is 21.7 Å². The van der Waals surface area contributed by atoms with E-state index in [1.165, 1.54) is 0 Å². The van der Waals surface area contributed by atoms with E-state index in [9.17, 15) is 4.79 Å². The van der Waals surface area contributed by atoms with E-state index in [0.29, 0.717) is 19.1 Å². The van der Waals surface area contributed by atoms with Gasteiger partial charge in [-0.15, -0.1) is 0 Å². The molecule has 2 atom stereocenters. The molecule has 2 saturated heterocycles.